The molecule has 1 saturated heterocycles. The summed E-state index contributed by atoms with van der Waals surface area (Å²) in [6.45, 7) is 15.8. The van der Waals surface area contributed by atoms with E-state index in [4.69, 9.17) is 5.73 Å². The van der Waals surface area contributed by atoms with E-state index in [0.29, 0.717) is 12.3 Å². The van der Waals surface area contributed by atoms with Crippen LogP contribution in [0.25, 0.3) is 0 Å². The topological polar surface area (TPSA) is 49.6 Å². The Morgan fingerprint density at radius 2 is 1.70 bits per heavy atom. The van der Waals surface area contributed by atoms with E-state index in [1.165, 1.54) is 0 Å². The van der Waals surface area contributed by atoms with Crippen LogP contribution in [0.15, 0.2) is 0 Å². The molecule has 20 heavy (non-hydrogen) atoms. The van der Waals surface area contributed by atoms with E-state index in [2.05, 4.69) is 39.5 Å². The minimum absolute atomic E-state index is 0.0174. The first-order valence-corrected chi connectivity index (χ1v) is 7.93. The van der Waals surface area contributed by atoms with Crippen LogP contribution >= 0.6 is 0 Å². The summed E-state index contributed by atoms with van der Waals surface area (Å²) < 4.78 is 0. The van der Waals surface area contributed by atoms with Gasteiger partial charge in [-0.1, -0.05) is 34.6 Å². The maximum absolute atomic E-state index is 12.3. The molecule has 1 atom stereocenters. The number of nitrogens with zero attached hydrogens (tertiary/aromatic N) is 2. The van der Waals surface area contributed by atoms with Gasteiger partial charge in [0.05, 0.1) is 0 Å². The van der Waals surface area contributed by atoms with Crippen LogP contribution in [0.3, 0.4) is 0 Å². The fourth-order valence-corrected chi connectivity index (χ4v) is 2.91. The molecule has 0 aromatic carbocycles. The molecule has 1 fully saturated rings. The lowest BCUT2D eigenvalue weighted by atomic mass is 9.87. The molecule has 1 heterocycles. The molecule has 1 aliphatic rings. The Bertz CT molecular complexity index is 301. The second kappa shape index (κ2) is 7.41. The summed E-state index contributed by atoms with van der Waals surface area (Å²) in [4.78, 5) is 16.7. The molecule has 118 valence electrons. The SMILES string of the molecule is CC(C)CN1CCN(C(=O)CC(N)CC(C)(C)C)CC1. The average Bonchev–Trinajstić information content (AvgIpc) is 2.26. The molecule has 0 bridgehead atoms. The van der Waals surface area contributed by atoms with Crippen molar-refractivity contribution in [2.45, 2.75) is 53.5 Å². The molecule has 1 rings (SSSR count). The largest absolute Gasteiger partial charge is 0.340 e. The lowest BCUT2D eigenvalue weighted by Gasteiger charge is -2.36. The van der Waals surface area contributed by atoms with E-state index in [1.54, 1.807) is 0 Å². The van der Waals surface area contributed by atoms with Gasteiger partial charge in [-0.3, -0.25) is 9.69 Å². The second-order valence-electron chi connectivity index (χ2n) is 7.80. The van der Waals surface area contributed by atoms with Gasteiger partial charge >= 0.3 is 0 Å². The predicted octanol–water partition coefficient (Wildman–Crippen LogP) is 1.94. The van der Waals surface area contributed by atoms with Crippen LogP contribution in [-0.4, -0.2) is 54.5 Å². The normalized spacial score (nSPS) is 19.4. The van der Waals surface area contributed by atoms with Crippen molar-refractivity contribution in [2.24, 2.45) is 17.1 Å². The van der Waals surface area contributed by atoms with Gasteiger partial charge in [0.25, 0.3) is 0 Å². The van der Waals surface area contributed by atoms with E-state index in [1.807, 2.05) is 4.90 Å². The molecule has 0 radical (unpaired) electrons. The van der Waals surface area contributed by atoms with Gasteiger partial charge in [0.2, 0.25) is 5.91 Å². The van der Waals surface area contributed by atoms with E-state index >= 15 is 0 Å². The van der Waals surface area contributed by atoms with Gasteiger partial charge in [0.15, 0.2) is 0 Å². The van der Waals surface area contributed by atoms with E-state index < -0.39 is 0 Å². The number of amides is 1. The van der Waals surface area contributed by atoms with Crippen LogP contribution in [-0.2, 0) is 4.79 Å². The molecule has 0 aromatic heterocycles. The maximum atomic E-state index is 12.3. The zero-order valence-corrected chi connectivity index (χ0v) is 14.0. The first kappa shape index (κ1) is 17.4. The number of piperazine rings is 1. The lowest BCUT2D eigenvalue weighted by Crippen LogP contribution is -2.50. The minimum Gasteiger partial charge on any atom is -0.340 e. The van der Waals surface area contributed by atoms with Crippen molar-refractivity contribution >= 4 is 5.91 Å². The van der Waals surface area contributed by atoms with Gasteiger partial charge in [-0.2, -0.15) is 0 Å². The molecular weight excluding hydrogens is 250 g/mol. The van der Waals surface area contributed by atoms with Gasteiger partial charge in [-0.05, 0) is 17.8 Å². The van der Waals surface area contributed by atoms with Gasteiger partial charge in [0.1, 0.15) is 0 Å². The Morgan fingerprint density at radius 1 is 1.15 bits per heavy atom. The van der Waals surface area contributed by atoms with E-state index in [9.17, 15) is 4.79 Å². The van der Waals surface area contributed by atoms with E-state index in [0.717, 1.165) is 39.1 Å². The predicted molar refractivity (Wildman–Crippen MR) is 84.5 cm³/mol. The summed E-state index contributed by atoms with van der Waals surface area (Å²) in [5.74, 6) is 0.920. The Hall–Kier alpha value is -0.610. The summed E-state index contributed by atoms with van der Waals surface area (Å²) >= 11 is 0. The highest BCUT2D eigenvalue weighted by atomic mass is 16.2. The fourth-order valence-electron chi connectivity index (χ4n) is 2.91. The molecular formula is C16H33N3O. The third-order valence-electron chi connectivity index (χ3n) is 3.66. The van der Waals surface area contributed by atoms with Crippen molar-refractivity contribution in [3.05, 3.63) is 0 Å². The van der Waals surface area contributed by atoms with Gasteiger partial charge in [-0.15, -0.1) is 0 Å². The summed E-state index contributed by atoms with van der Waals surface area (Å²) in [6.07, 6.45) is 1.38. The van der Waals surface area contributed by atoms with Crippen LogP contribution in [0.1, 0.15) is 47.5 Å². The molecule has 4 nitrogen and oxygen atoms in total. The molecule has 0 spiro atoms. The number of carbonyl (C=O) groups is 1. The Morgan fingerprint density at radius 3 is 2.15 bits per heavy atom. The lowest BCUT2D eigenvalue weighted by molar-refractivity contribution is -0.133. The van der Waals surface area contributed by atoms with Crippen molar-refractivity contribution in [2.75, 3.05) is 32.7 Å². The third-order valence-corrected chi connectivity index (χ3v) is 3.66. The highest BCUT2D eigenvalue weighted by Crippen LogP contribution is 2.21. The summed E-state index contributed by atoms with van der Waals surface area (Å²) in [5.41, 5.74) is 6.29. The standard InChI is InChI=1S/C16H33N3O/c1-13(2)12-18-6-8-19(9-7-18)15(20)10-14(17)11-16(3,4)5/h13-14H,6-12,17H2,1-5H3. The fraction of sp³-hybridized carbons (Fsp3) is 0.938. The number of carbonyl (C=O) groups excluding carboxylic acids is 1. The third kappa shape index (κ3) is 6.71. The molecule has 4 heteroatoms. The molecule has 0 saturated carbocycles. The zero-order chi connectivity index (χ0) is 15.3. The monoisotopic (exact) mass is 283 g/mol. The van der Waals surface area contributed by atoms with Crippen LogP contribution < -0.4 is 5.73 Å². The zero-order valence-electron chi connectivity index (χ0n) is 14.0. The first-order chi connectivity index (χ1) is 9.17. The molecule has 0 aromatic rings. The summed E-state index contributed by atoms with van der Waals surface area (Å²) in [5, 5.41) is 0. The van der Waals surface area contributed by atoms with Crippen molar-refractivity contribution < 1.29 is 4.79 Å². The van der Waals surface area contributed by atoms with Crippen LogP contribution in [0, 0.1) is 11.3 Å². The molecule has 1 amide bonds. The Balaban J connectivity index is 2.32. The van der Waals surface area contributed by atoms with E-state index in [-0.39, 0.29) is 17.4 Å². The molecule has 0 aliphatic carbocycles. The quantitative estimate of drug-likeness (QED) is 0.839. The van der Waals surface area contributed by atoms with Crippen molar-refractivity contribution in [3.8, 4) is 0 Å². The molecule has 2 N–H and O–H groups in total. The van der Waals surface area contributed by atoms with Gasteiger partial charge in [0, 0.05) is 45.2 Å². The molecule has 1 unspecified atom stereocenters. The number of rotatable bonds is 5. The second-order valence-corrected chi connectivity index (χ2v) is 7.80. The smallest absolute Gasteiger partial charge is 0.224 e. The van der Waals surface area contributed by atoms with Gasteiger partial charge < -0.3 is 10.6 Å². The summed E-state index contributed by atoms with van der Waals surface area (Å²) in [6, 6.07) is -0.0174. The van der Waals surface area contributed by atoms with Crippen LogP contribution in [0.2, 0.25) is 0 Å². The highest BCUT2D eigenvalue weighted by molar-refractivity contribution is 5.76. The number of nitrogens with two attached hydrogens (primary N) is 1. The average molecular weight is 283 g/mol. The Kier molecular flexibility index (Phi) is 6.46. The molecule has 1 aliphatic heterocycles. The number of hydrogen-bond acceptors (Lipinski definition) is 3. The highest BCUT2D eigenvalue weighted by Gasteiger charge is 2.24. The van der Waals surface area contributed by atoms with Crippen molar-refractivity contribution in [1.82, 2.24) is 9.80 Å². The van der Waals surface area contributed by atoms with Crippen molar-refractivity contribution in [3.63, 3.8) is 0 Å². The van der Waals surface area contributed by atoms with Crippen LogP contribution in [0.5, 0.6) is 0 Å². The van der Waals surface area contributed by atoms with Gasteiger partial charge in [-0.25, -0.2) is 0 Å². The minimum atomic E-state index is -0.0174. The maximum Gasteiger partial charge on any atom is 0.224 e. The van der Waals surface area contributed by atoms with Crippen molar-refractivity contribution in [1.29, 1.82) is 0 Å². The summed E-state index contributed by atoms with van der Waals surface area (Å²) in [7, 11) is 0. The van der Waals surface area contributed by atoms with Crippen LogP contribution in [0.4, 0.5) is 0 Å². The Labute approximate surface area is 124 Å². The first-order valence-electron chi connectivity index (χ1n) is 7.93. The number of hydrogen-bond donors (Lipinski definition) is 1.